The van der Waals surface area contributed by atoms with Crippen LogP contribution in [0.25, 0.3) is 22.5 Å². The average Bonchev–Trinajstić information content (AvgIpc) is 1.68. The van der Waals surface area contributed by atoms with Crippen molar-refractivity contribution >= 4 is 11.9 Å². The fourth-order valence-electron chi connectivity index (χ4n) is 6.44. The van der Waals surface area contributed by atoms with Crippen molar-refractivity contribution in [1.29, 1.82) is 0 Å². The molecular weight excluding hydrogens is 1600 g/mol. The molecule has 0 aliphatic carbocycles. The number of nitrogens with zero attached hydrogens (tertiary/aromatic N) is 8. The van der Waals surface area contributed by atoms with E-state index in [4.69, 9.17) is 16.9 Å². The highest BCUT2D eigenvalue weighted by Gasteiger charge is 2.22. The molecule has 0 aliphatic rings. The van der Waals surface area contributed by atoms with Crippen molar-refractivity contribution in [2.75, 3.05) is 6.61 Å². The van der Waals surface area contributed by atoms with E-state index in [9.17, 15) is 9.59 Å². The molecule has 4 heterocycles. The smallest absolute Gasteiger partial charge is 0.357 e. The lowest BCUT2D eigenvalue weighted by Gasteiger charge is -2.07. The number of esters is 1. The summed E-state index contributed by atoms with van der Waals surface area (Å²) in [6.45, 7) is 11.2. The van der Waals surface area contributed by atoms with Crippen LogP contribution in [0.5, 0.6) is 0 Å². The summed E-state index contributed by atoms with van der Waals surface area (Å²) in [7, 11) is 3.38. The SMILES string of the molecule is C#CC#CC#CC#CC#CC#CC#CC#CC#CC#CC#CC#CC#CC#CC#CC#CC#CC#CC#CC#CC#CC#CC#CC#CC#CC#CC#CC#CC#CC#CC#CC#CC#CC#CC#CC#CC#CC#CC#CC#CC#CC#CC#CC#CC#CC#CC#CC.CCOC(=O)c1c(-c2nc(C)ncc2C)cnn1C.Cc1ncc(C)c(-c2cnn(C)c2C(N)=O)n1. The van der Waals surface area contributed by atoms with Gasteiger partial charge in [-0.1, -0.05) is 5.92 Å². The maximum Gasteiger partial charge on any atom is 0.357 e. The largest absolute Gasteiger partial charge is 0.461 e. The van der Waals surface area contributed by atoms with E-state index in [1.807, 2.05) is 20.8 Å². The number of hydrogen-bond donors (Lipinski definition) is 1. The second-order valence-corrected chi connectivity index (χ2v) is 19.8. The van der Waals surface area contributed by atoms with Crippen molar-refractivity contribution in [3.8, 4) is 580 Å². The molecule has 12 nitrogen and oxygen atoms in total. The van der Waals surface area contributed by atoms with Crippen molar-refractivity contribution in [2.45, 2.75) is 41.5 Å². The molecule has 0 spiro atoms. The second kappa shape index (κ2) is 76.2. The van der Waals surface area contributed by atoms with Crippen LogP contribution in [-0.4, -0.2) is 58.0 Å². The lowest BCUT2D eigenvalue weighted by atomic mass is 10.1. The molecule has 0 fully saturated rings. The van der Waals surface area contributed by atoms with E-state index in [-0.39, 0.29) is 0 Å². The predicted molar refractivity (Wildman–Crippen MR) is 504 cm³/mol. The van der Waals surface area contributed by atoms with Gasteiger partial charge in [0, 0.05) is 476 Å². The normalized spacial score (nSPS) is 5.76. The van der Waals surface area contributed by atoms with E-state index in [1.165, 1.54) is 9.36 Å². The zero-order valence-corrected chi connectivity index (χ0v) is 69.5. The van der Waals surface area contributed by atoms with Crippen molar-refractivity contribution in [1.82, 2.24) is 39.5 Å². The number of aryl methyl sites for hydroxylation is 6. The van der Waals surface area contributed by atoms with Crippen LogP contribution in [-0.2, 0) is 18.8 Å². The van der Waals surface area contributed by atoms with Gasteiger partial charge in [0.2, 0.25) is 0 Å². The number of ether oxygens (including phenoxy) is 1. The Labute approximate surface area is 767 Å². The van der Waals surface area contributed by atoms with Crippen molar-refractivity contribution < 1.29 is 14.3 Å². The van der Waals surface area contributed by atoms with E-state index in [0.29, 0.717) is 52.2 Å². The van der Waals surface area contributed by atoms with Gasteiger partial charge in [-0.3, -0.25) is 14.2 Å². The fourth-order valence-corrected chi connectivity index (χ4v) is 6.44. The van der Waals surface area contributed by atoms with E-state index >= 15 is 0 Å². The predicted octanol–water partition coefficient (Wildman–Crippen LogP) is 3.06. The first-order valence-corrected chi connectivity index (χ1v) is 35.0. The minimum absolute atomic E-state index is 0.325. The topological polar surface area (TPSA) is 157 Å². The summed E-state index contributed by atoms with van der Waals surface area (Å²) in [6, 6.07) is 0. The van der Waals surface area contributed by atoms with E-state index < -0.39 is 11.9 Å². The maximum atomic E-state index is 12.0. The third-order valence-corrected chi connectivity index (χ3v) is 11.1. The van der Waals surface area contributed by atoms with E-state index in [1.54, 1.807) is 59.7 Å². The molecule has 0 aliphatic heterocycles. The van der Waals surface area contributed by atoms with Gasteiger partial charge in [-0.25, -0.2) is 24.7 Å². The first-order valence-electron chi connectivity index (χ1n) is 35.0. The van der Waals surface area contributed by atoms with Gasteiger partial charge in [0.15, 0.2) is 5.69 Å². The van der Waals surface area contributed by atoms with Crippen LogP contribution in [0.15, 0.2) is 24.8 Å². The Balaban J connectivity index is 0.00000130. The fraction of sp³-hybridized carbons (Fsp3) is 0.0756. The third-order valence-electron chi connectivity index (χ3n) is 11.1. The molecule has 0 radical (unpaired) electrons. The van der Waals surface area contributed by atoms with Crippen molar-refractivity contribution in [2.24, 2.45) is 19.8 Å². The first kappa shape index (κ1) is 102. The number of amides is 1. The zero-order valence-electron chi connectivity index (χ0n) is 69.5. The molecule has 0 bridgehead atoms. The molecule has 1 amide bonds. The molecule has 4 aromatic rings. The number of terminal acetylenes is 1. The van der Waals surface area contributed by atoms with E-state index in [0.717, 1.165) is 11.1 Å². The van der Waals surface area contributed by atoms with Crippen LogP contribution in [0.4, 0.5) is 0 Å². The van der Waals surface area contributed by atoms with Gasteiger partial charge in [-0.2, -0.15) is 10.2 Å². The molecule has 572 valence electrons. The Kier molecular flexibility index (Phi) is 59.2. The van der Waals surface area contributed by atoms with Gasteiger partial charge >= 0.3 is 5.97 Å². The number of rotatable bonds is 5. The monoisotopic (exact) mass is 1640 g/mol. The molecule has 12 heteroatoms. The molecule has 0 saturated carbocycles. The van der Waals surface area contributed by atoms with Crippen LogP contribution in [0, 0.1) is 585 Å². The molecule has 131 heavy (non-hydrogen) atoms. The zero-order chi connectivity index (χ0) is 94.3. The van der Waals surface area contributed by atoms with Gasteiger partial charge in [-0.05, 0) is 147 Å². The summed E-state index contributed by atoms with van der Waals surface area (Å²) in [6.07, 6.45) is 11.6. The Morgan fingerprint density at radius 1 is 0.275 bits per heavy atom. The number of primary amides is 1. The molecule has 0 unspecified atom stereocenters. The molecule has 4 aromatic heterocycles. The molecule has 0 saturated heterocycles. The summed E-state index contributed by atoms with van der Waals surface area (Å²) in [4.78, 5) is 40.3. The highest BCUT2D eigenvalue weighted by molar-refractivity contribution is 5.98. The van der Waals surface area contributed by atoms with Gasteiger partial charge in [-0.15, -0.1) is 6.42 Å². The number of nitrogens with two attached hydrogens (primary N) is 1. The number of carbonyl (C=O) groups is 2. The summed E-state index contributed by atoms with van der Waals surface area (Å²) >= 11 is 0. The minimum Gasteiger partial charge on any atom is -0.461 e. The number of carbonyl (C=O) groups excluding carboxylic acids is 2. The highest BCUT2D eigenvalue weighted by atomic mass is 16.5. The van der Waals surface area contributed by atoms with Crippen LogP contribution < -0.4 is 5.73 Å². The molecule has 2 N–H and O–H groups in total. The molecular formula is C119H33N9O3. The Morgan fingerprint density at radius 2 is 0.435 bits per heavy atom. The Morgan fingerprint density at radius 3 is 0.595 bits per heavy atom. The van der Waals surface area contributed by atoms with Crippen LogP contribution in [0.3, 0.4) is 0 Å². The standard InChI is InChI=1S/C95H4.C13H16N4O2.C11H13N5O/c1-3-5-7-9-11-13-15-17-19-21-23-25-27-29-31-33-35-37-39-41-43-45-47-49-51-53-55-57-59-61-63-65-67-69-71-73-75-77-79-81-83-85-87-89-91-93-95-94-92-90-88-86-84-82-80-78-76-74-72-70-68-66-64-62-60-58-56-54-52-50-48-46-44-42-40-38-36-34-32-30-28-26-24-22-20-18-16-14-12-10-8-6-4-2;1-5-19-13(18)12-10(7-15-17(12)4)11-8(2)6-14-9(3)16-11;1-6-4-13-7(2)15-9(6)8-5-14-16(3)10(8)11(12)17/h1H,2H3;6-7H,5H2,1-4H3;4-5H,1-3H3,(H2,12,17). The van der Waals surface area contributed by atoms with Gasteiger partial charge in [0.05, 0.1) is 41.5 Å². The lowest BCUT2D eigenvalue weighted by Crippen LogP contribution is -2.17. The van der Waals surface area contributed by atoms with Gasteiger partial charge in [0.25, 0.3) is 5.91 Å². The highest BCUT2D eigenvalue weighted by Crippen LogP contribution is 2.26. The van der Waals surface area contributed by atoms with Gasteiger partial charge in [0.1, 0.15) is 17.3 Å². The molecule has 4 rings (SSSR count). The first-order chi connectivity index (χ1) is 64.5. The Hall–Kier alpha value is -25.2. The summed E-state index contributed by atoms with van der Waals surface area (Å²) in [5, 5.41) is 8.16. The van der Waals surface area contributed by atoms with Crippen molar-refractivity contribution in [3.63, 3.8) is 0 Å². The number of hydrogen-bond acceptors (Lipinski definition) is 9. The van der Waals surface area contributed by atoms with E-state index in [2.05, 4.69) is 581 Å². The quantitative estimate of drug-likeness (QED) is 0.235. The Bertz CT molecular complexity index is 8870. The summed E-state index contributed by atoms with van der Waals surface area (Å²) < 4.78 is 8.01. The third kappa shape index (κ3) is 58.4. The molecule has 0 aromatic carbocycles. The average molecular weight is 1640 g/mol. The minimum atomic E-state index is -0.518. The van der Waals surface area contributed by atoms with Crippen molar-refractivity contribution in [3.05, 3.63) is 59.0 Å². The van der Waals surface area contributed by atoms with Crippen LogP contribution >= 0.6 is 0 Å². The van der Waals surface area contributed by atoms with Gasteiger partial charge < -0.3 is 10.5 Å². The van der Waals surface area contributed by atoms with Crippen LogP contribution in [0.1, 0.15) is 57.6 Å². The lowest BCUT2D eigenvalue weighted by molar-refractivity contribution is 0.0514. The molecule has 0 atom stereocenters. The second-order valence-electron chi connectivity index (χ2n) is 19.8. The summed E-state index contributed by atoms with van der Waals surface area (Å²) in [5.74, 6) is 232. The summed E-state index contributed by atoms with van der Waals surface area (Å²) in [5.41, 5.74) is 10.6. The van der Waals surface area contributed by atoms with Crippen LogP contribution in [0.2, 0.25) is 0 Å². The number of aromatic nitrogens is 8. The maximum absolute atomic E-state index is 12.0.